The third-order valence-corrected chi connectivity index (χ3v) is 9.39. The summed E-state index contributed by atoms with van der Waals surface area (Å²) in [6.07, 6.45) is 4.73. The van der Waals surface area contributed by atoms with Crippen molar-refractivity contribution in [2.45, 2.75) is 25.1 Å². The molecule has 1 fully saturated rings. The van der Waals surface area contributed by atoms with Gasteiger partial charge in [-0.1, -0.05) is 35.9 Å². The second-order valence-electron chi connectivity index (χ2n) is 12.7. The lowest BCUT2D eigenvalue weighted by Gasteiger charge is -2.25. The van der Waals surface area contributed by atoms with Crippen molar-refractivity contribution in [3.63, 3.8) is 0 Å². The van der Waals surface area contributed by atoms with Crippen molar-refractivity contribution in [1.82, 2.24) is 39.6 Å². The van der Waals surface area contributed by atoms with E-state index >= 15 is 0 Å². The van der Waals surface area contributed by atoms with Crippen LogP contribution < -0.4 is 10.1 Å². The Balaban J connectivity index is 1.20. The molecule has 6 bridgehead atoms. The van der Waals surface area contributed by atoms with Gasteiger partial charge in [0.15, 0.2) is 0 Å². The van der Waals surface area contributed by atoms with Crippen molar-refractivity contribution in [1.29, 1.82) is 0 Å². The normalized spacial score (nSPS) is 18.4. The van der Waals surface area contributed by atoms with E-state index in [1.165, 1.54) is 40.2 Å². The minimum Gasteiger partial charge on any atom is -0.488 e. The molecule has 3 aromatic carbocycles. The van der Waals surface area contributed by atoms with Gasteiger partial charge in [-0.15, -0.1) is 0 Å². The van der Waals surface area contributed by atoms with Gasteiger partial charge in [0, 0.05) is 57.9 Å². The maximum Gasteiger partial charge on any atom is 0.257 e. The van der Waals surface area contributed by atoms with Gasteiger partial charge >= 0.3 is 0 Å². The summed E-state index contributed by atoms with van der Waals surface area (Å²) in [5.74, 6) is -0.650. The monoisotopic (exact) mass is 698 g/mol. The Morgan fingerprint density at radius 2 is 1.90 bits per heavy atom. The number of hydrogen-bond acceptors (Lipinski definition) is 7. The van der Waals surface area contributed by atoms with Crippen molar-refractivity contribution >= 4 is 40.2 Å². The summed E-state index contributed by atoms with van der Waals surface area (Å²) < 4.78 is 23.4. The topological polar surface area (TPSA) is 118 Å². The van der Waals surface area contributed by atoms with E-state index in [9.17, 15) is 18.8 Å². The van der Waals surface area contributed by atoms with Crippen LogP contribution in [0.3, 0.4) is 0 Å². The quantitative estimate of drug-likeness (QED) is 0.303. The maximum absolute atomic E-state index is 14.0. The van der Waals surface area contributed by atoms with E-state index < -0.39 is 23.9 Å². The first-order chi connectivity index (χ1) is 24.1. The molecule has 5 aromatic rings. The average Bonchev–Trinajstić information content (AvgIpc) is 3.85. The predicted octanol–water partition coefficient (Wildman–Crippen LogP) is 3.86. The van der Waals surface area contributed by atoms with Gasteiger partial charge in [-0.25, -0.2) is 9.07 Å². The molecule has 2 aliphatic rings. The second-order valence-corrected chi connectivity index (χ2v) is 13.1. The molecule has 7 rings (SSSR count). The molecule has 0 aliphatic carbocycles. The van der Waals surface area contributed by atoms with Crippen molar-refractivity contribution in [3.8, 4) is 22.6 Å². The van der Waals surface area contributed by atoms with Crippen LogP contribution >= 0.6 is 11.6 Å². The molecule has 258 valence electrons. The molecule has 0 radical (unpaired) electrons. The highest BCUT2D eigenvalue weighted by molar-refractivity contribution is 6.32. The zero-order chi connectivity index (χ0) is 34.9. The molecule has 0 unspecified atom stereocenters. The lowest BCUT2D eigenvalue weighted by atomic mass is 10.0. The minimum atomic E-state index is -0.821. The van der Waals surface area contributed by atoms with Gasteiger partial charge in [-0.2, -0.15) is 10.2 Å². The number of fused-ring (bicyclic) bond motifs is 6. The summed E-state index contributed by atoms with van der Waals surface area (Å²) in [6, 6.07) is 16.8. The van der Waals surface area contributed by atoms with Crippen LogP contribution in [0.15, 0.2) is 79.3 Å². The van der Waals surface area contributed by atoms with Crippen LogP contribution in [0.5, 0.6) is 5.75 Å². The molecule has 3 amide bonds. The number of halogens is 2. The van der Waals surface area contributed by atoms with E-state index in [4.69, 9.17) is 21.4 Å². The summed E-state index contributed by atoms with van der Waals surface area (Å²) in [4.78, 5) is 45.5. The zero-order valence-corrected chi connectivity index (χ0v) is 28.4. The Kier molecular flexibility index (Phi) is 9.25. The van der Waals surface area contributed by atoms with Crippen LogP contribution in [-0.4, -0.2) is 111 Å². The fraction of sp³-hybridized carbons (Fsp3) is 0.306. The molecule has 1 saturated heterocycles. The third kappa shape index (κ3) is 6.92. The molecule has 14 heteroatoms. The first-order valence-electron chi connectivity index (χ1n) is 16.4. The number of carbonyl (C=O) groups is 3. The molecule has 50 heavy (non-hydrogen) atoms. The largest absolute Gasteiger partial charge is 0.488 e. The number of likely N-dealkylation sites (N-methyl/N-ethyl adjacent to an activating group) is 1. The predicted molar refractivity (Wildman–Crippen MR) is 186 cm³/mol. The molecule has 0 saturated carbocycles. The van der Waals surface area contributed by atoms with Crippen LogP contribution in [0.1, 0.15) is 16.8 Å². The van der Waals surface area contributed by atoms with Gasteiger partial charge in [-0.05, 0) is 47.5 Å². The number of hydrogen-bond donors (Lipinski definition) is 1. The highest BCUT2D eigenvalue weighted by atomic mass is 35.5. The molecule has 0 spiro atoms. The number of benzene rings is 3. The van der Waals surface area contributed by atoms with Crippen LogP contribution in [-0.2, 0) is 16.1 Å². The van der Waals surface area contributed by atoms with E-state index in [0.717, 1.165) is 22.0 Å². The van der Waals surface area contributed by atoms with Crippen molar-refractivity contribution in [3.05, 3.63) is 95.7 Å². The number of carbonyl (C=O) groups excluding carboxylic acids is 3. The van der Waals surface area contributed by atoms with Gasteiger partial charge in [0.05, 0.1) is 47.6 Å². The zero-order valence-electron chi connectivity index (χ0n) is 27.6. The number of rotatable bonds is 4. The van der Waals surface area contributed by atoms with E-state index in [1.54, 1.807) is 19.0 Å². The molecule has 2 aliphatic heterocycles. The first-order valence-corrected chi connectivity index (χ1v) is 16.8. The number of aromatic nitrogens is 4. The summed E-state index contributed by atoms with van der Waals surface area (Å²) in [5, 5.41) is 13.2. The Morgan fingerprint density at radius 1 is 1.06 bits per heavy atom. The number of amides is 3. The smallest absolute Gasteiger partial charge is 0.257 e. The van der Waals surface area contributed by atoms with Gasteiger partial charge in [0.2, 0.25) is 11.8 Å². The van der Waals surface area contributed by atoms with Gasteiger partial charge in [0.1, 0.15) is 23.7 Å². The SMILES string of the molecule is CN(C)C(=O)CN1CCNC(=O)[C@@H]2C[C@@H](CN2C(=O)c2cnn(-c3ccc(F)cc3Cl)c2)Oc2cccc(c2)-c2cccc3nn(cc23)CC1. The van der Waals surface area contributed by atoms with Crippen LogP contribution in [0.2, 0.25) is 5.02 Å². The molecule has 2 atom stereocenters. The van der Waals surface area contributed by atoms with E-state index in [-0.39, 0.29) is 48.5 Å². The van der Waals surface area contributed by atoms with E-state index in [1.807, 2.05) is 58.2 Å². The van der Waals surface area contributed by atoms with Gasteiger partial charge in [0.25, 0.3) is 5.91 Å². The fourth-order valence-corrected chi connectivity index (χ4v) is 6.70. The molecule has 1 N–H and O–H groups in total. The third-order valence-electron chi connectivity index (χ3n) is 9.09. The van der Waals surface area contributed by atoms with Crippen molar-refractivity contribution in [2.24, 2.45) is 0 Å². The summed E-state index contributed by atoms with van der Waals surface area (Å²) in [5.41, 5.74) is 3.45. The standard InChI is InChI=1S/C36H36ClFN8O4/c1-42(2)34(47)22-43-12-11-39-35(48)33-17-27(20-45(33)36(49)24-18-40-46(19-24)32-10-9-25(38)16-30(32)37)50-26-6-3-5-23(15-26)28-7-4-8-31-29(28)21-44(41-31)14-13-43/h3-10,15-16,18-19,21,27,33H,11-14,17,20,22H2,1-2H3,(H,39,48)/t27-,33-/m0/s1. The molecular weight excluding hydrogens is 663 g/mol. The summed E-state index contributed by atoms with van der Waals surface area (Å²) in [6.45, 7) is 2.07. The molecule has 4 heterocycles. The van der Waals surface area contributed by atoms with Gasteiger partial charge < -0.3 is 19.9 Å². The molecule has 2 aromatic heterocycles. The van der Waals surface area contributed by atoms with E-state index in [0.29, 0.717) is 31.1 Å². The molecular formula is C36H36ClFN8O4. The van der Waals surface area contributed by atoms with Crippen molar-refractivity contribution in [2.75, 3.05) is 46.8 Å². The maximum atomic E-state index is 14.0. The Bertz CT molecular complexity index is 2080. The number of nitrogens with one attached hydrogen (secondary N) is 1. The van der Waals surface area contributed by atoms with Crippen LogP contribution in [0, 0.1) is 5.82 Å². The van der Waals surface area contributed by atoms with E-state index in [2.05, 4.69) is 10.4 Å². The second kappa shape index (κ2) is 13.9. The first kappa shape index (κ1) is 33.2. The number of nitrogens with zero attached hydrogens (tertiary/aromatic N) is 7. The fourth-order valence-electron chi connectivity index (χ4n) is 6.44. The van der Waals surface area contributed by atoms with Crippen LogP contribution in [0.4, 0.5) is 4.39 Å². The summed E-state index contributed by atoms with van der Waals surface area (Å²) >= 11 is 6.25. The number of likely N-dealkylation sites (tertiary alicyclic amines) is 1. The minimum absolute atomic E-state index is 0.0544. The van der Waals surface area contributed by atoms with Crippen LogP contribution in [0.25, 0.3) is 27.7 Å². The van der Waals surface area contributed by atoms with Crippen molar-refractivity contribution < 1.29 is 23.5 Å². The van der Waals surface area contributed by atoms with Gasteiger partial charge in [-0.3, -0.25) is 24.0 Å². The summed E-state index contributed by atoms with van der Waals surface area (Å²) in [7, 11) is 3.43. The Labute approximate surface area is 292 Å². The molecule has 12 nitrogen and oxygen atoms in total. The highest BCUT2D eigenvalue weighted by Gasteiger charge is 2.41. The highest BCUT2D eigenvalue weighted by Crippen LogP contribution is 2.32. The lowest BCUT2D eigenvalue weighted by molar-refractivity contribution is -0.129. The average molecular weight is 699 g/mol. The number of ether oxygens (including phenoxy) is 1. The Hall–Kier alpha value is -5.27. The Morgan fingerprint density at radius 3 is 2.72 bits per heavy atom. The lowest BCUT2D eigenvalue weighted by Crippen LogP contribution is -2.48.